The monoisotopic (exact) mass is 394 g/mol. The van der Waals surface area contributed by atoms with Gasteiger partial charge in [-0.3, -0.25) is 4.79 Å². The predicted octanol–water partition coefficient (Wildman–Crippen LogP) is 3.68. The third-order valence-corrected chi connectivity index (χ3v) is 4.97. The maximum absolute atomic E-state index is 14.8. The summed E-state index contributed by atoms with van der Waals surface area (Å²) in [5.41, 5.74) is 1.41. The molecule has 3 rings (SSSR count). The second kappa shape index (κ2) is 7.92. The van der Waals surface area contributed by atoms with Crippen LogP contribution in [0.5, 0.6) is 5.75 Å². The molecule has 1 heterocycles. The molecule has 1 aromatic carbocycles. The molecule has 0 atom stereocenters. The van der Waals surface area contributed by atoms with E-state index in [0.29, 0.717) is 16.8 Å². The van der Waals surface area contributed by atoms with Gasteiger partial charge in [0.15, 0.2) is 0 Å². The van der Waals surface area contributed by atoms with Gasteiger partial charge in [0.1, 0.15) is 17.1 Å². The third kappa shape index (κ3) is 4.21. The van der Waals surface area contributed by atoms with Gasteiger partial charge in [-0.15, -0.1) is 0 Å². The molecular weight excluding hydrogens is 371 g/mol. The molecular formula is C22H23FN4O2. The van der Waals surface area contributed by atoms with E-state index in [-0.39, 0.29) is 17.4 Å². The van der Waals surface area contributed by atoms with Crippen LogP contribution in [-0.4, -0.2) is 25.3 Å². The van der Waals surface area contributed by atoms with E-state index in [1.54, 1.807) is 24.4 Å². The van der Waals surface area contributed by atoms with Crippen molar-refractivity contribution < 1.29 is 13.9 Å². The van der Waals surface area contributed by atoms with Gasteiger partial charge in [0, 0.05) is 29.7 Å². The molecule has 7 heteroatoms. The van der Waals surface area contributed by atoms with E-state index in [4.69, 9.17) is 10.1 Å². The summed E-state index contributed by atoms with van der Waals surface area (Å²) >= 11 is 0. The summed E-state index contributed by atoms with van der Waals surface area (Å²) in [5, 5.41) is 22.9. The number of dihydropyridines is 1. The molecule has 150 valence electrons. The number of benzene rings is 1. The molecule has 6 nitrogen and oxygen atoms in total. The first-order valence-corrected chi connectivity index (χ1v) is 9.30. The molecule has 0 aromatic heterocycles. The molecule has 2 aliphatic rings. The number of ether oxygens (including phenoxy) is 1. The van der Waals surface area contributed by atoms with Crippen molar-refractivity contribution in [3.05, 3.63) is 58.7 Å². The Balaban J connectivity index is 1.97. The summed E-state index contributed by atoms with van der Waals surface area (Å²) in [6.07, 6.45) is 8.14. The zero-order valence-corrected chi connectivity index (χ0v) is 16.6. The summed E-state index contributed by atoms with van der Waals surface area (Å²) < 4.78 is 20.1. The number of nitrogens with zero attached hydrogens (tertiary/aromatic N) is 1. The van der Waals surface area contributed by atoms with Crippen LogP contribution >= 0.6 is 0 Å². The first-order chi connectivity index (χ1) is 13.8. The van der Waals surface area contributed by atoms with Gasteiger partial charge in [0.2, 0.25) is 0 Å². The summed E-state index contributed by atoms with van der Waals surface area (Å²) in [4.78, 5) is 12.4. The standard InChI is InChI=1S/C22H23FN4O2/c1-22(2,12-25)14-4-7-18(26-11-14)16(10-24)13-8-17(23)20(19(9-13)29-3)21(28)27-15-5-6-15/h4,7-11,15,24,26H,5-6H2,1-3H3,(H,27,28)/b18-16+,24-10?. The van der Waals surface area contributed by atoms with Crippen LogP contribution in [0.25, 0.3) is 5.57 Å². The average Bonchev–Trinajstić information content (AvgIpc) is 3.52. The second-order valence-corrected chi connectivity index (χ2v) is 7.57. The summed E-state index contributed by atoms with van der Waals surface area (Å²) in [7, 11) is 1.38. The lowest BCUT2D eigenvalue weighted by Gasteiger charge is -2.22. The normalized spacial score (nSPS) is 17.6. The number of halogens is 1. The summed E-state index contributed by atoms with van der Waals surface area (Å²) in [6.45, 7) is 3.62. The zero-order chi connectivity index (χ0) is 21.2. The van der Waals surface area contributed by atoms with E-state index in [0.717, 1.165) is 24.6 Å². The number of amides is 1. The van der Waals surface area contributed by atoms with Gasteiger partial charge in [0.25, 0.3) is 5.91 Å². The van der Waals surface area contributed by atoms with E-state index < -0.39 is 17.1 Å². The molecule has 0 bridgehead atoms. The Hall–Kier alpha value is -3.40. The average molecular weight is 394 g/mol. The molecule has 0 unspecified atom stereocenters. The van der Waals surface area contributed by atoms with Gasteiger partial charge >= 0.3 is 0 Å². The van der Waals surface area contributed by atoms with E-state index in [9.17, 15) is 14.4 Å². The third-order valence-electron chi connectivity index (χ3n) is 4.97. The number of hydrogen-bond donors (Lipinski definition) is 3. The Morgan fingerprint density at radius 3 is 2.66 bits per heavy atom. The minimum absolute atomic E-state index is 0.0979. The maximum atomic E-state index is 14.8. The lowest BCUT2D eigenvalue weighted by atomic mass is 9.85. The summed E-state index contributed by atoms with van der Waals surface area (Å²) in [6, 6.07) is 5.11. The smallest absolute Gasteiger partial charge is 0.258 e. The van der Waals surface area contributed by atoms with Gasteiger partial charge in [-0.25, -0.2) is 4.39 Å². The number of nitriles is 1. The molecule has 1 amide bonds. The number of carbonyl (C=O) groups excluding carboxylic acids is 1. The SMILES string of the molecule is COc1cc(/C(C=N)=C2\C=CC(C(C)(C)C#N)=CN2)cc(F)c1C(=O)NC1CC1. The number of rotatable bonds is 6. The van der Waals surface area contributed by atoms with Crippen LogP contribution in [0.15, 0.2) is 41.8 Å². The van der Waals surface area contributed by atoms with Crippen LogP contribution in [-0.2, 0) is 0 Å². The molecule has 0 saturated heterocycles. The number of carbonyl (C=O) groups is 1. The fourth-order valence-electron chi connectivity index (χ4n) is 2.97. The van der Waals surface area contributed by atoms with Crippen molar-refractivity contribution in [3.63, 3.8) is 0 Å². The van der Waals surface area contributed by atoms with Crippen molar-refractivity contribution in [3.8, 4) is 11.8 Å². The van der Waals surface area contributed by atoms with Crippen LogP contribution in [0.1, 0.15) is 42.6 Å². The van der Waals surface area contributed by atoms with Crippen molar-refractivity contribution in [2.24, 2.45) is 5.41 Å². The largest absolute Gasteiger partial charge is 0.496 e. The van der Waals surface area contributed by atoms with Crippen LogP contribution in [0.4, 0.5) is 4.39 Å². The van der Waals surface area contributed by atoms with Gasteiger partial charge in [-0.2, -0.15) is 5.26 Å². The second-order valence-electron chi connectivity index (χ2n) is 7.57. The minimum Gasteiger partial charge on any atom is -0.496 e. The van der Waals surface area contributed by atoms with E-state index in [2.05, 4.69) is 16.7 Å². The van der Waals surface area contributed by atoms with Crippen LogP contribution in [0.3, 0.4) is 0 Å². The highest BCUT2D eigenvalue weighted by atomic mass is 19.1. The van der Waals surface area contributed by atoms with Crippen molar-refractivity contribution in [2.75, 3.05) is 7.11 Å². The number of allylic oxidation sites excluding steroid dienone is 4. The number of hydrogen-bond acceptors (Lipinski definition) is 5. The van der Waals surface area contributed by atoms with Crippen LogP contribution in [0.2, 0.25) is 0 Å². The quantitative estimate of drug-likeness (QED) is 0.641. The van der Waals surface area contributed by atoms with Crippen LogP contribution < -0.4 is 15.4 Å². The van der Waals surface area contributed by atoms with Gasteiger partial charge in [0.05, 0.1) is 18.6 Å². The highest BCUT2D eigenvalue weighted by Gasteiger charge is 2.28. The van der Waals surface area contributed by atoms with Gasteiger partial charge < -0.3 is 20.8 Å². The molecule has 1 saturated carbocycles. The lowest BCUT2D eigenvalue weighted by Crippen LogP contribution is -2.27. The first kappa shape index (κ1) is 20.3. The fourth-order valence-corrected chi connectivity index (χ4v) is 2.97. The first-order valence-electron chi connectivity index (χ1n) is 9.30. The van der Waals surface area contributed by atoms with Crippen molar-refractivity contribution in [1.82, 2.24) is 10.6 Å². The minimum atomic E-state index is -0.709. The Bertz CT molecular complexity index is 995. The fraction of sp³-hybridized carbons (Fsp3) is 0.318. The van der Waals surface area contributed by atoms with Crippen molar-refractivity contribution in [2.45, 2.75) is 32.7 Å². The van der Waals surface area contributed by atoms with E-state index in [1.807, 2.05) is 13.8 Å². The molecule has 29 heavy (non-hydrogen) atoms. The van der Waals surface area contributed by atoms with E-state index in [1.165, 1.54) is 13.2 Å². The predicted molar refractivity (Wildman–Crippen MR) is 109 cm³/mol. The molecule has 0 spiro atoms. The molecule has 1 aliphatic heterocycles. The van der Waals surface area contributed by atoms with Gasteiger partial charge in [-0.05, 0) is 56.0 Å². The highest BCUT2D eigenvalue weighted by Crippen LogP contribution is 2.32. The van der Waals surface area contributed by atoms with Crippen molar-refractivity contribution in [1.29, 1.82) is 10.7 Å². The Labute approximate surface area is 169 Å². The topological polar surface area (TPSA) is 98.0 Å². The summed E-state index contributed by atoms with van der Waals surface area (Å²) in [5.74, 6) is -1.10. The molecule has 1 fully saturated rings. The van der Waals surface area contributed by atoms with Crippen molar-refractivity contribution >= 4 is 17.7 Å². The number of methoxy groups -OCH3 is 1. The highest BCUT2D eigenvalue weighted by molar-refractivity contribution is 6.11. The van der Waals surface area contributed by atoms with E-state index >= 15 is 0 Å². The maximum Gasteiger partial charge on any atom is 0.258 e. The number of nitrogens with one attached hydrogen (secondary N) is 3. The van der Waals surface area contributed by atoms with Crippen LogP contribution in [0, 0.1) is 28.0 Å². The molecule has 1 aromatic rings. The Kier molecular flexibility index (Phi) is 5.55. The lowest BCUT2D eigenvalue weighted by molar-refractivity contribution is 0.0943. The Morgan fingerprint density at radius 2 is 2.14 bits per heavy atom. The Morgan fingerprint density at radius 1 is 1.41 bits per heavy atom. The molecule has 0 radical (unpaired) electrons. The zero-order valence-electron chi connectivity index (χ0n) is 16.6. The van der Waals surface area contributed by atoms with Gasteiger partial charge in [-0.1, -0.05) is 6.08 Å². The molecule has 1 aliphatic carbocycles. The molecule has 3 N–H and O–H groups in total.